The van der Waals surface area contributed by atoms with Crippen LogP contribution in [-0.2, 0) is 13.0 Å². The fourth-order valence-electron chi connectivity index (χ4n) is 2.96. The van der Waals surface area contributed by atoms with Gasteiger partial charge in [-0.25, -0.2) is 0 Å². The van der Waals surface area contributed by atoms with Crippen molar-refractivity contribution >= 4 is 0 Å². The monoisotopic (exact) mass is 231 g/mol. The van der Waals surface area contributed by atoms with E-state index in [0.29, 0.717) is 6.10 Å². The van der Waals surface area contributed by atoms with Crippen molar-refractivity contribution in [1.29, 1.82) is 0 Å². The molecule has 17 heavy (non-hydrogen) atoms. The Balaban J connectivity index is 1.77. The van der Waals surface area contributed by atoms with Gasteiger partial charge in [-0.05, 0) is 50.3 Å². The van der Waals surface area contributed by atoms with Gasteiger partial charge in [0.25, 0.3) is 0 Å². The highest BCUT2D eigenvalue weighted by atomic mass is 16.5. The Bertz CT molecular complexity index is 383. The van der Waals surface area contributed by atoms with Crippen molar-refractivity contribution < 1.29 is 4.74 Å². The average Bonchev–Trinajstić information content (AvgIpc) is 2.40. The minimum absolute atomic E-state index is 0.456. The van der Waals surface area contributed by atoms with E-state index in [-0.39, 0.29) is 0 Å². The Hall–Kier alpha value is -1.02. The van der Waals surface area contributed by atoms with E-state index in [4.69, 9.17) is 4.74 Å². The molecule has 1 saturated carbocycles. The summed E-state index contributed by atoms with van der Waals surface area (Å²) in [6.45, 7) is 2.07. The molecule has 0 atom stereocenters. The molecule has 1 fully saturated rings. The van der Waals surface area contributed by atoms with Crippen molar-refractivity contribution in [3.8, 4) is 5.75 Å². The Morgan fingerprint density at radius 1 is 1.12 bits per heavy atom. The number of nitrogens with one attached hydrogen (secondary N) is 1. The molecule has 1 aliphatic carbocycles. The number of hydrogen-bond acceptors (Lipinski definition) is 2. The zero-order valence-electron chi connectivity index (χ0n) is 10.4. The van der Waals surface area contributed by atoms with Crippen LogP contribution >= 0.6 is 0 Å². The molecular formula is C15H21NO. The second-order valence-corrected chi connectivity index (χ2v) is 5.20. The van der Waals surface area contributed by atoms with Crippen molar-refractivity contribution in [2.75, 3.05) is 6.54 Å². The summed E-state index contributed by atoms with van der Waals surface area (Å²) in [5.41, 5.74) is 2.86. The van der Waals surface area contributed by atoms with Crippen molar-refractivity contribution in [3.63, 3.8) is 0 Å². The highest BCUT2D eigenvalue weighted by molar-refractivity contribution is 5.41. The predicted molar refractivity (Wildman–Crippen MR) is 69.4 cm³/mol. The molecule has 0 amide bonds. The van der Waals surface area contributed by atoms with Crippen LogP contribution in [0, 0.1) is 0 Å². The zero-order chi connectivity index (χ0) is 11.5. The smallest absolute Gasteiger partial charge is 0.124 e. The van der Waals surface area contributed by atoms with Gasteiger partial charge in [-0.1, -0.05) is 18.6 Å². The second-order valence-electron chi connectivity index (χ2n) is 5.20. The van der Waals surface area contributed by atoms with Crippen LogP contribution < -0.4 is 10.1 Å². The fourth-order valence-corrected chi connectivity index (χ4v) is 2.96. The van der Waals surface area contributed by atoms with E-state index < -0.39 is 0 Å². The quantitative estimate of drug-likeness (QED) is 0.844. The van der Waals surface area contributed by atoms with E-state index in [1.54, 1.807) is 0 Å². The molecule has 1 heterocycles. The molecule has 0 spiro atoms. The minimum Gasteiger partial charge on any atom is -0.490 e. The normalized spacial score (nSPS) is 20.9. The highest BCUT2D eigenvalue weighted by Gasteiger charge is 2.18. The summed E-state index contributed by atoms with van der Waals surface area (Å²) < 4.78 is 6.21. The van der Waals surface area contributed by atoms with Gasteiger partial charge in [0.15, 0.2) is 0 Å². The molecule has 92 valence electrons. The molecule has 2 nitrogen and oxygen atoms in total. The van der Waals surface area contributed by atoms with Gasteiger partial charge in [0, 0.05) is 12.1 Å². The molecule has 0 radical (unpaired) electrons. The van der Waals surface area contributed by atoms with Gasteiger partial charge in [0.2, 0.25) is 0 Å². The molecule has 0 bridgehead atoms. The largest absolute Gasteiger partial charge is 0.490 e. The molecule has 2 heteroatoms. The van der Waals surface area contributed by atoms with Crippen molar-refractivity contribution in [2.24, 2.45) is 0 Å². The standard InChI is InChI=1S/C15H21NO/c1-2-6-13(7-3-1)17-15-8-4-5-12-9-10-16-11-14(12)15/h4-5,8,13,16H,1-3,6-7,9-11H2. The molecule has 0 unspecified atom stereocenters. The maximum absolute atomic E-state index is 6.21. The molecule has 1 aromatic carbocycles. The molecule has 2 aliphatic rings. The van der Waals surface area contributed by atoms with E-state index in [0.717, 1.165) is 25.3 Å². The lowest BCUT2D eigenvalue weighted by molar-refractivity contribution is 0.153. The third kappa shape index (κ3) is 2.47. The lowest BCUT2D eigenvalue weighted by Crippen LogP contribution is -2.26. The highest BCUT2D eigenvalue weighted by Crippen LogP contribution is 2.29. The number of hydrogen-bond donors (Lipinski definition) is 1. The number of fused-ring (bicyclic) bond motifs is 1. The van der Waals surface area contributed by atoms with Crippen molar-refractivity contribution in [2.45, 2.75) is 51.2 Å². The Morgan fingerprint density at radius 3 is 2.88 bits per heavy atom. The summed E-state index contributed by atoms with van der Waals surface area (Å²) in [7, 11) is 0. The van der Waals surface area contributed by atoms with Crippen LogP contribution in [0.15, 0.2) is 18.2 Å². The van der Waals surface area contributed by atoms with Gasteiger partial charge < -0.3 is 10.1 Å². The maximum atomic E-state index is 6.21. The van der Waals surface area contributed by atoms with Crippen LogP contribution in [0.1, 0.15) is 43.2 Å². The van der Waals surface area contributed by atoms with E-state index in [1.165, 1.54) is 43.2 Å². The summed E-state index contributed by atoms with van der Waals surface area (Å²) in [4.78, 5) is 0. The minimum atomic E-state index is 0.456. The molecule has 3 rings (SSSR count). The SMILES string of the molecule is c1cc2c(c(OC3CCCCC3)c1)CNCC2. The van der Waals surface area contributed by atoms with Gasteiger partial charge in [-0.15, -0.1) is 0 Å². The summed E-state index contributed by atoms with van der Waals surface area (Å²) in [5.74, 6) is 1.13. The first-order valence-electron chi connectivity index (χ1n) is 6.91. The molecule has 0 saturated heterocycles. The topological polar surface area (TPSA) is 21.3 Å². The fraction of sp³-hybridized carbons (Fsp3) is 0.600. The van der Waals surface area contributed by atoms with Gasteiger partial charge in [0.05, 0.1) is 6.10 Å². The first kappa shape index (κ1) is 11.1. The van der Waals surface area contributed by atoms with Gasteiger partial charge in [0.1, 0.15) is 5.75 Å². The number of rotatable bonds is 2. The molecule has 1 aliphatic heterocycles. The van der Waals surface area contributed by atoms with Crippen LogP contribution in [0.5, 0.6) is 5.75 Å². The van der Waals surface area contributed by atoms with Crippen molar-refractivity contribution in [1.82, 2.24) is 5.32 Å². The van der Waals surface area contributed by atoms with Gasteiger partial charge >= 0.3 is 0 Å². The van der Waals surface area contributed by atoms with E-state index in [1.807, 2.05) is 0 Å². The van der Waals surface area contributed by atoms with Crippen molar-refractivity contribution in [3.05, 3.63) is 29.3 Å². The molecule has 1 N–H and O–H groups in total. The summed E-state index contributed by atoms with van der Waals surface area (Å²) in [6, 6.07) is 6.52. The first-order chi connectivity index (χ1) is 8.43. The third-order valence-corrected chi connectivity index (χ3v) is 3.95. The number of benzene rings is 1. The summed E-state index contributed by atoms with van der Waals surface area (Å²) >= 11 is 0. The van der Waals surface area contributed by atoms with E-state index >= 15 is 0 Å². The average molecular weight is 231 g/mol. The second kappa shape index (κ2) is 5.09. The number of ether oxygens (including phenoxy) is 1. The van der Waals surface area contributed by atoms with Crippen LogP contribution in [0.2, 0.25) is 0 Å². The molecular weight excluding hydrogens is 210 g/mol. The van der Waals surface area contributed by atoms with Crippen LogP contribution in [0.3, 0.4) is 0 Å². The third-order valence-electron chi connectivity index (χ3n) is 3.95. The van der Waals surface area contributed by atoms with Crippen LogP contribution in [0.25, 0.3) is 0 Å². The molecule has 1 aromatic rings. The summed E-state index contributed by atoms with van der Waals surface area (Å²) in [5, 5.41) is 3.44. The molecule has 0 aromatic heterocycles. The van der Waals surface area contributed by atoms with Gasteiger partial charge in [-0.2, -0.15) is 0 Å². The Morgan fingerprint density at radius 2 is 2.00 bits per heavy atom. The zero-order valence-corrected chi connectivity index (χ0v) is 10.4. The van der Waals surface area contributed by atoms with Crippen LogP contribution in [0.4, 0.5) is 0 Å². The lowest BCUT2D eigenvalue weighted by atomic mass is 9.97. The Kier molecular flexibility index (Phi) is 3.32. The maximum Gasteiger partial charge on any atom is 0.124 e. The lowest BCUT2D eigenvalue weighted by Gasteiger charge is -2.26. The van der Waals surface area contributed by atoms with E-state index in [2.05, 4.69) is 23.5 Å². The summed E-state index contributed by atoms with van der Waals surface area (Å²) in [6.07, 6.45) is 8.10. The van der Waals surface area contributed by atoms with Crippen LogP contribution in [-0.4, -0.2) is 12.6 Å². The first-order valence-corrected chi connectivity index (χ1v) is 6.91. The van der Waals surface area contributed by atoms with Gasteiger partial charge in [-0.3, -0.25) is 0 Å². The predicted octanol–water partition coefficient (Wildman–Crippen LogP) is 3.04. The Labute approximate surface area is 103 Å². The van der Waals surface area contributed by atoms with E-state index in [9.17, 15) is 0 Å².